The fraction of sp³-hybridized carbons (Fsp3) is 0.800. The Morgan fingerprint density at radius 3 is 2.32 bits per heavy atom. The normalized spacial score (nSPS) is 17.0. The standard InChI is InChI=1S/C15H26N2O5/c1-11(2)3-4-12(18)16-9-13(19)17-10-15(14(20)21)5-7-22-8-6-15/h11H,3-10H2,1-2H3,(H,16,18)(H,17,19)(H,20,21). The number of carbonyl (C=O) groups excluding carboxylic acids is 2. The molecule has 0 spiro atoms. The van der Waals surface area contributed by atoms with Crippen LogP contribution < -0.4 is 10.6 Å². The highest BCUT2D eigenvalue weighted by molar-refractivity contribution is 5.85. The quantitative estimate of drug-likeness (QED) is 0.606. The number of hydrogen-bond acceptors (Lipinski definition) is 4. The van der Waals surface area contributed by atoms with Crippen molar-refractivity contribution in [2.75, 3.05) is 26.3 Å². The van der Waals surface area contributed by atoms with Crippen LogP contribution in [0.25, 0.3) is 0 Å². The molecule has 1 aliphatic rings. The zero-order valence-electron chi connectivity index (χ0n) is 13.3. The van der Waals surface area contributed by atoms with Crippen molar-refractivity contribution in [3.8, 4) is 0 Å². The minimum Gasteiger partial charge on any atom is -0.481 e. The van der Waals surface area contributed by atoms with E-state index in [1.165, 1.54) is 0 Å². The molecule has 1 rings (SSSR count). The maximum absolute atomic E-state index is 11.7. The number of rotatable bonds is 8. The van der Waals surface area contributed by atoms with Crippen LogP contribution >= 0.6 is 0 Å². The Morgan fingerprint density at radius 1 is 1.14 bits per heavy atom. The minimum absolute atomic E-state index is 0.0619. The van der Waals surface area contributed by atoms with Gasteiger partial charge in [-0.15, -0.1) is 0 Å². The number of nitrogens with one attached hydrogen (secondary N) is 2. The van der Waals surface area contributed by atoms with Gasteiger partial charge in [-0.05, 0) is 25.2 Å². The summed E-state index contributed by atoms with van der Waals surface area (Å²) in [5, 5.41) is 14.5. The zero-order valence-corrected chi connectivity index (χ0v) is 13.3. The zero-order chi connectivity index (χ0) is 16.6. The van der Waals surface area contributed by atoms with Crippen LogP contribution in [0.3, 0.4) is 0 Å². The van der Waals surface area contributed by atoms with Gasteiger partial charge in [-0.25, -0.2) is 0 Å². The number of ether oxygens (including phenoxy) is 1. The molecule has 22 heavy (non-hydrogen) atoms. The topological polar surface area (TPSA) is 105 Å². The molecule has 0 aliphatic carbocycles. The summed E-state index contributed by atoms with van der Waals surface area (Å²) < 4.78 is 5.17. The van der Waals surface area contributed by atoms with Crippen LogP contribution in [-0.2, 0) is 19.1 Å². The predicted molar refractivity (Wildman–Crippen MR) is 80.2 cm³/mol. The van der Waals surface area contributed by atoms with E-state index in [2.05, 4.69) is 10.6 Å². The lowest BCUT2D eigenvalue weighted by Gasteiger charge is -2.33. The highest BCUT2D eigenvalue weighted by Gasteiger charge is 2.40. The molecular formula is C15H26N2O5. The van der Waals surface area contributed by atoms with Gasteiger partial charge in [0.05, 0.1) is 12.0 Å². The van der Waals surface area contributed by atoms with Gasteiger partial charge in [0.15, 0.2) is 0 Å². The first-order valence-corrected chi connectivity index (χ1v) is 7.70. The van der Waals surface area contributed by atoms with E-state index in [4.69, 9.17) is 4.74 Å². The molecule has 126 valence electrons. The van der Waals surface area contributed by atoms with Gasteiger partial charge in [0.2, 0.25) is 11.8 Å². The van der Waals surface area contributed by atoms with Crippen molar-refractivity contribution in [1.82, 2.24) is 10.6 Å². The maximum Gasteiger partial charge on any atom is 0.311 e. The monoisotopic (exact) mass is 314 g/mol. The number of hydrogen-bond donors (Lipinski definition) is 3. The van der Waals surface area contributed by atoms with Gasteiger partial charge < -0.3 is 20.5 Å². The summed E-state index contributed by atoms with van der Waals surface area (Å²) in [6.45, 7) is 4.76. The van der Waals surface area contributed by atoms with Gasteiger partial charge in [-0.2, -0.15) is 0 Å². The molecule has 0 unspecified atom stereocenters. The maximum atomic E-state index is 11.7. The lowest BCUT2D eigenvalue weighted by Crippen LogP contribution is -2.48. The second kappa shape index (κ2) is 8.73. The van der Waals surface area contributed by atoms with E-state index in [9.17, 15) is 19.5 Å². The average molecular weight is 314 g/mol. The molecular weight excluding hydrogens is 288 g/mol. The summed E-state index contributed by atoms with van der Waals surface area (Å²) in [5.41, 5.74) is -0.963. The largest absolute Gasteiger partial charge is 0.481 e. The molecule has 7 nitrogen and oxygen atoms in total. The summed E-state index contributed by atoms with van der Waals surface area (Å²) in [7, 11) is 0. The highest BCUT2D eigenvalue weighted by atomic mass is 16.5. The van der Waals surface area contributed by atoms with E-state index in [0.717, 1.165) is 6.42 Å². The van der Waals surface area contributed by atoms with Crippen molar-refractivity contribution in [1.29, 1.82) is 0 Å². The third kappa shape index (κ3) is 6.01. The molecule has 1 heterocycles. The van der Waals surface area contributed by atoms with Crippen molar-refractivity contribution in [3.05, 3.63) is 0 Å². The third-order valence-corrected chi connectivity index (χ3v) is 3.92. The lowest BCUT2D eigenvalue weighted by molar-refractivity contribution is -0.154. The Labute approximate surface area is 130 Å². The average Bonchev–Trinajstić information content (AvgIpc) is 2.49. The highest BCUT2D eigenvalue weighted by Crippen LogP contribution is 2.29. The minimum atomic E-state index is -0.963. The molecule has 1 saturated heterocycles. The molecule has 0 aromatic heterocycles. The Hall–Kier alpha value is -1.63. The number of amides is 2. The van der Waals surface area contributed by atoms with Crippen LogP contribution in [0.2, 0.25) is 0 Å². The Bertz CT molecular complexity index is 403. The number of aliphatic carboxylic acids is 1. The van der Waals surface area contributed by atoms with Crippen LogP contribution in [0, 0.1) is 11.3 Å². The second-order valence-electron chi connectivity index (χ2n) is 6.18. The Balaban J connectivity index is 2.32. The van der Waals surface area contributed by atoms with Crippen molar-refractivity contribution in [2.45, 2.75) is 39.5 Å². The van der Waals surface area contributed by atoms with Crippen LogP contribution in [-0.4, -0.2) is 49.2 Å². The van der Waals surface area contributed by atoms with Gasteiger partial charge in [-0.3, -0.25) is 14.4 Å². The third-order valence-electron chi connectivity index (χ3n) is 3.92. The lowest BCUT2D eigenvalue weighted by atomic mass is 9.80. The first kappa shape index (κ1) is 18.4. The smallest absolute Gasteiger partial charge is 0.311 e. The summed E-state index contributed by atoms with van der Waals surface area (Å²) in [6, 6.07) is 0. The molecule has 0 aromatic rings. The van der Waals surface area contributed by atoms with E-state index < -0.39 is 11.4 Å². The molecule has 1 fully saturated rings. The van der Waals surface area contributed by atoms with Crippen LogP contribution in [0.15, 0.2) is 0 Å². The fourth-order valence-corrected chi connectivity index (χ4v) is 2.25. The molecule has 0 atom stereocenters. The van der Waals surface area contributed by atoms with Crippen LogP contribution in [0.5, 0.6) is 0 Å². The summed E-state index contributed by atoms with van der Waals surface area (Å²) in [4.78, 5) is 34.7. The fourth-order valence-electron chi connectivity index (χ4n) is 2.25. The van der Waals surface area contributed by atoms with Crippen molar-refractivity contribution < 1.29 is 24.2 Å². The Morgan fingerprint density at radius 2 is 1.77 bits per heavy atom. The number of carbonyl (C=O) groups is 3. The van der Waals surface area contributed by atoms with Crippen molar-refractivity contribution in [2.24, 2.45) is 11.3 Å². The van der Waals surface area contributed by atoms with Crippen molar-refractivity contribution >= 4 is 17.8 Å². The van der Waals surface area contributed by atoms with Crippen LogP contribution in [0.1, 0.15) is 39.5 Å². The van der Waals surface area contributed by atoms with Gasteiger partial charge in [0.25, 0.3) is 0 Å². The molecule has 0 saturated carbocycles. The van der Waals surface area contributed by atoms with Gasteiger partial charge in [-0.1, -0.05) is 13.8 Å². The molecule has 7 heteroatoms. The van der Waals surface area contributed by atoms with Gasteiger partial charge >= 0.3 is 5.97 Å². The molecule has 0 bridgehead atoms. The summed E-state index contributed by atoms with van der Waals surface area (Å²) >= 11 is 0. The van der Waals surface area contributed by atoms with E-state index in [-0.39, 0.29) is 24.9 Å². The molecule has 0 radical (unpaired) electrons. The van der Waals surface area contributed by atoms with E-state index in [1.807, 2.05) is 13.8 Å². The summed E-state index contributed by atoms with van der Waals surface area (Å²) in [6.07, 6.45) is 1.92. The first-order chi connectivity index (χ1) is 10.4. The molecule has 3 N–H and O–H groups in total. The van der Waals surface area contributed by atoms with Gasteiger partial charge in [0, 0.05) is 26.2 Å². The van der Waals surface area contributed by atoms with E-state index in [1.54, 1.807) is 0 Å². The second-order valence-corrected chi connectivity index (χ2v) is 6.18. The first-order valence-electron chi connectivity index (χ1n) is 7.70. The van der Waals surface area contributed by atoms with Crippen molar-refractivity contribution in [3.63, 3.8) is 0 Å². The molecule has 1 aliphatic heterocycles. The van der Waals surface area contributed by atoms with Gasteiger partial charge in [0.1, 0.15) is 0 Å². The number of carboxylic acids is 1. The number of carboxylic acid groups (broad SMARTS) is 1. The SMILES string of the molecule is CC(C)CCC(=O)NCC(=O)NCC1(C(=O)O)CCOCC1. The molecule has 2 amide bonds. The predicted octanol–water partition coefficient (Wildman–Crippen LogP) is 0.536. The van der Waals surface area contributed by atoms with Crippen LogP contribution in [0.4, 0.5) is 0 Å². The Kier molecular flexibility index (Phi) is 7.31. The summed E-state index contributed by atoms with van der Waals surface area (Å²) in [5.74, 6) is -1.02. The molecule has 0 aromatic carbocycles. The van der Waals surface area contributed by atoms with E-state index in [0.29, 0.717) is 38.4 Å². The van der Waals surface area contributed by atoms with E-state index >= 15 is 0 Å².